The van der Waals surface area contributed by atoms with E-state index in [1.807, 2.05) is 7.11 Å². The van der Waals surface area contributed by atoms with Gasteiger partial charge in [-0.25, -0.2) is 0 Å². The third-order valence-electron chi connectivity index (χ3n) is 8.28. The summed E-state index contributed by atoms with van der Waals surface area (Å²) >= 11 is 0. The molecule has 0 heterocycles. The average molecular weight is 320 g/mol. The summed E-state index contributed by atoms with van der Waals surface area (Å²) in [5, 5.41) is 20.4. The van der Waals surface area contributed by atoms with Crippen LogP contribution >= 0.6 is 0 Å². The van der Waals surface area contributed by atoms with Crippen molar-refractivity contribution in [3.8, 4) is 0 Å². The minimum Gasteiger partial charge on any atom is -0.395 e. The highest BCUT2D eigenvalue weighted by Gasteiger charge is 2.59. The molecule has 0 aromatic rings. The number of aliphatic hydroxyl groups is 2. The zero-order valence-electron chi connectivity index (χ0n) is 14.6. The van der Waals surface area contributed by atoms with Gasteiger partial charge in [0.15, 0.2) is 0 Å². The third-order valence-corrected chi connectivity index (χ3v) is 8.28. The lowest BCUT2D eigenvalue weighted by atomic mass is 9.47. The number of hydrogen-bond donors (Lipinski definition) is 2. The monoisotopic (exact) mass is 320 g/mol. The smallest absolute Gasteiger partial charge is 0.0627 e. The Morgan fingerprint density at radius 3 is 2.74 bits per heavy atom. The van der Waals surface area contributed by atoms with Crippen LogP contribution in [-0.2, 0) is 4.74 Å². The van der Waals surface area contributed by atoms with E-state index in [1.54, 1.807) is 0 Å². The SMILES string of the molecule is COC1CC[C@H]2C3CC=C4C[C@@H](O)CCC4(CO)[C@H]3CCC12C. The number of hydrogen-bond acceptors (Lipinski definition) is 3. The molecule has 3 fully saturated rings. The first-order valence-electron chi connectivity index (χ1n) is 9.56. The molecule has 3 nitrogen and oxygen atoms in total. The van der Waals surface area contributed by atoms with E-state index in [9.17, 15) is 10.2 Å². The fraction of sp³-hybridized carbons (Fsp3) is 0.900. The Kier molecular flexibility index (Phi) is 3.90. The Hall–Kier alpha value is -0.380. The number of rotatable bonds is 2. The van der Waals surface area contributed by atoms with Crippen molar-refractivity contribution in [1.82, 2.24) is 0 Å². The van der Waals surface area contributed by atoms with Crippen LogP contribution in [0.1, 0.15) is 58.3 Å². The molecular formula is C20H32O3. The van der Waals surface area contributed by atoms with Crippen LogP contribution < -0.4 is 0 Å². The number of methoxy groups -OCH3 is 1. The first-order chi connectivity index (χ1) is 11.0. The van der Waals surface area contributed by atoms with Crippen LogP contribution in [0.25, 0.3) is 0 Å². The average Bonchev–Trinajstić information content (AvgIpc) is 2.90. The molecule has 2 N–H and O–H groups in total. The van der Waals surface area contributed by atoms with Crippen molar-refractivity contribution in [3.63, 3.8) is 0 Å². The molecule has 7 atom stereocenters. The van der Waals surface area contributed by atoms with Crippen molar-refractivity contribution in [2.45, 2.75) is 70.5 Å². The van der Waals surface area contributed by atoms with Gasteiger partial charge in [0, 0.05) is 12.5 Å². The maximum Gasteiger partial charge on any atom is 0.0627 e. The predicted molar refractivity (Wildman–Crippen MR) is 89.9 cm³/mol. The van der Waals surface area contributed by atoms with Crippen LogP contribution in [0, 0.1) is 28.6 Å². The van der Waals surface area contributed by atoms with Gasteiger partial charge in [-0.05, 0) is 74.5 Å². The lowest BCUT2D eigenvalue weighted by molar-refractivity contribution is -0.0965. The summed E-state index contributed by atoms with van der Waals surface area (Å²) in [4.78, 5) is 0. The fourth-order valence-corrected chi connectivity index (χ4v) is 7.07. The second kappa shape index (κ2) is 5.57. The van der Waals surface area contributed by atoms with E-state index in [0.29, 0.717) is 23.4 Å². The Morgan fingerprint density at radius 2 is 2.00 bits per heavy atom. The van der Waals surface area contributed by atoms with Crippen LogP contribution in [0.5, 0.6) is 0 Å². The number of aliphatic hydroxyl groups excluding tert-OH is 2. The Bertz CT molecular complexity index is 501. The fourth-order valence-electron chi connectivity index (χ4n) is 7.07. The maximum absolute atomic E-state index is 10.4. The highest BCUT2D eigenvalue weighted by atomic mass is 16.5. The maximum atomic E-state index is 10.4. The van der Waals surface area contributed by atoms with E-state index in [1.165, 1.54) is 31.3 Å². The number of fused-ring (bicyclic) bond motifs is 5. The molecule has 4 aliphatic rings. The summed E-state index contributed by atoms with van der Waals surface area (Å²) in [6.07, 6.45) is 11.3. The van der Waals surface area contributed by atoms with Crippen LogP contribution in [-0.4, -0.2) is 36.1 Å². The van der Waals surface area contributed by atoms with Crippen molar-refractivity contribution in [2.75, 3.05) is 13.7 Å². The van der Waals surface area contributed by atoms with Gasteiger partial charge in [0.25, 0.3) is 0 Å². The molecule has 130 valence electrons. The normalized spacial score (nSPS) is 52.3. The van der Waals surface area contributed by atoms with Gasteiger partial charge in [-0.15, -0.1) is 0 Å². The molecule has 3 heteroatoms. The van der Waals surface area contributed by atoms with Crippen molar-refractivity contribution < 1.29 is 14.9 Å². The Labute approximate surface area is 140 Å². The molecule has 0 amide bonds. The second-order valence-electron chi connectivity index (χ2n) is 8.90. The van der Waals surface area contributed by atoms with Gasteiger partial charge in [-0.1, -0.05) is 18.6 Å². The summed E-state index contributed by atoms with van der Waals surface area (Å²) in [7, 11) is 1.88. The van der Waals surface area contributed by atoms with E-state index in [-0.39, 0.29) is 18.1 Å². The number of ether oxygens (including phenoxy) is 1. The van der Waals surface area contributed by atoms with Crippen LogP contribution in [0.2, 0.25) is 0 Å². The van der Waals surface area contributed by atoms with Crippen LogP contribution in [0.4, 0.5) is 0 Å². The van der Waals surface area contributed by atoms with Crippen molar-refractivity contribution in [2.24, 2.45) is 28.6 Å². The summed E-state index contributed by atoms with van der Waals surface area (Å²) < 4.78 is 5.84. The molecule has 0 aliphatic heterocycles. The molecule has 0 aromatic carbocycles. The highest BCUT2D eigenvalue weighted by Crippen LogP contribution is 2.65. The minimum atomic E-state index is -0.198. The minimum absolute atomic E-state index is 0.0331. The van der Waals surface area contributed by atoms with Crippen LogP contribution in [0.15, 0.2) is 11.6 Å². The molecule has 4 unspecified atom stereocenters. The Morgan fingerprint density at radius 1 is 1.17 bits per heavy atom. The molecule has 0 spiro atoms. The zero-order chi connectivity index (χ0) is 16.2. The van der Waals surface area contributed by atoms with E-state index in [4.69, 9.17) is 4.74 Å². The lowest BCUT2D eigenvalue weighted by Gasteiger charge is -2.58. The molecule has 4 aliphatic carbocycles. The van der Waals surface area contributed by atoms with Crippen molar-refractivity contribution in [1.29, 1.82) is 0 Å². The van der Waals surface area contributed by atoms with Crippen molar-refractivity contribution >= 4 is 0 Å². The zero-order valence-corrected chi connectivity index (χ0v) is 14.6. The highest BCUT2D eigenvalue weighted by molar-refractivity contribution is 5.26. The van der Waals surface area contributed by atoms with Gasteiger partial charge in [0.1, 0.15) is 0 Å². The molecule has 0 bridgehead atoms. The molecule has 0 radical (unpaired) electrons. The first kappa shape index (κ1) is 16.1. The van der Waals surface area contributed by atoms with Gasteiger partial charge in [-0.2, -0.15) is 0 Å². The summed E-state index contributed by atoms with van der Waals surface area (Å²) in [6.45, 7) is 2.72. The molecule has 0 aromatic heterocycles. The van der Waals surface area contributed by atoms with Gasteiger partial charge in [0.05, 0.1) is 18.8 Å². The quantitative estimate of drug-likeness (QED) is 0.768. The third kappa shape index (κ3) is 2.12. The Balaban J connectivity index is 1.68. The summed E-state index contributed by atoms with van der Waals surface area (Å²) in [6, 6.07) is 0. The van der Waals surface area contributed by atoms with E-state index in [0.717, 1.165) is 31.6 Å². The van der Waals surface area contributed by atoms with E-state index >= 15 is 0 Å². The second-order valence-corrected chi connectivity index (χ2v) is 8.90. The topological polar surface area (TPSA) is 49.7 Å². The van der Waals surface area contributed by atoms with Gasteiger partial charge in [-0.3, -0.25) is 0 Å². The van der Waals surface area contributed by atoms with Gasteiger partial charge in [0.2, 0.25) is 0 Å². The summed E-state index contributed by atoms with van der Waals surface area (Å²) in [5.41, 5.74) is 1.66. The largest absolute Gasteiger partial charge is 0.395 e. The standard InChI is InChI=1S/C20H32O3/c1-19-9-8-17-15(16(19)5-6-18(19)23-2)4-3-13-11-14(22)7-10-20(13,17)12-21/h3,14-18,21-22H,4-12H2,1-2H3/t14-,15?,16-,17-,18?,19?,20?/m0/s1. The molecule has 3 saturated carbocycles. The van der Waals surface area contributed by atoms with Crippen LogP contribution in [0.3, 0.4) is 0 Å². The van der Waals surface area contributed by atoms with Gasteiger partial charge >= 0.3 is 0 Å². The molecular weight excluding hydrogens is 288 g/mol. The van der Waals surface area contributed by atoms with E-state index < -0.39 is 0 Å². The van der Waals surface area contributed by atoms with E-state index in [2.05, 4.69) is 13.0 Å². The lowest BCUT2D eigenvalue weighted by Crippen LogP contribution is -2.53. The molecule has 4 rings (SSSR count). The predicted octanol–water partition coefficient (Wildman–Crippen LogP) is 3.30. The molecule has 23 heavy (non-hydrogen) atoms. The van der Waals surface area contributed by atoms with Crippen molar-refractivity contribution in [3.05, 3.63) is 11.6 Å². The number of allylic oxidation sites excluding steroid dienone is 1. The summed E-state index contributed by atoms with van der Waals surface area (Å²) in [5.74, 6) is 2.04. The molecule has 0 saturated heterocycles. The van der Waals surface area contributed by atoms with Gasteiger partial charge < -0.3 is 14.9 Å². The first-order valence-corrected chi connectivity index (χ1v) is 9.56.